The molecule has 0 spiro atoms. The van der Waals surface area contributed by atoms with Gasteiger partial charge < -0.3 is 0 Å². The van der Waals surface area contributed by atoms with E-state index in [0.717, 1.165) is 21.3 Å². The first-order valence-corrected chi connectivity index (χ1v) is 6.71. The van der Waals surface area contributed by atoms with Crippen molar-refractivity contribution in [2.75, 3.05) is 13.2 Å². The van der Waals surface area contributed by atoms with Gasteiger partial charge in [-0.05, 0) is 23.6 Å². The highest BCUT2D eigenvalue weighted by Crippen LogP contribution is 2.36. The predicted molar refractivity (Wildman–Crippen MR) is 68.5 cm³/mol. The van der Waals surface area contributed by atoms with Gasteiger partial charge in [-0.15, -0.1) is 5.01 Å². The number of carbonyl (C=O) groups excluding carboxylic acids is 1. The summed E-state index contributed by atoms with van der Waals surface area (Å²) >= 11 is 3.54. The van der Waals surface area contributed by atoms with Crippen LogP contribution in [0.15, 0.2) is 22.7 Å². The lowest BCUT2D eigenvalue weighted by Gasteiger charge is -2.29. The number of nitroso groups, excluding NO2 is 1. The third-order valence-electron chi connectivity index (χ3n) is 3.54. The van der Waals surface area contributed by atoms with Crippen LogP contribution in [-0.2, 0) is 11.2 Å². The molecule has 0 bridgehead atoms. The summed E-state index contributed by atoms with van der Waals surface area (Å²) in [4.78, 5) is 24.4. The van der Waals surface area contributed by atoms with Crippen LogP contribution in [0.5, 0.6) is 0 Å². The second-order valence-electron chi connectivity index (χ2n) is 4.55. The van der Waals surface area contributed by atoms with E-state index in [-0.39, 0.29) is 18.6 Å². The summed E-state index contributed by atoms with van der Waals surface area (Å²) in [6, 6.07) is 5.81. The normalized spacial score (nSPS) is 22.9. The Hall–Kier alpha value is -1.43. The molecular formula is C12H13BrN3O2+. The molecule has 5 nitrogen and oxygen atoms in total. The van der Waals surface area contributed by atoms with Crippen LogP contribution in [0.2, 0.25) is 0 Å². The van der Waals surface area contributed by atoms with Crippen molar-refractivity contribution in [1.29, 1.82) is 0 Å². The Kier molecular flexibility index (Phi) is 2.81. The molecule has 94 valence electrons. The number of halogens is 1. The number of nitrogens with zero attached hydrogens (tertiary/aromatic N) is 2. The minimum atomic E-state index is -0.147. The Bertz CT molecular complexity index is 532. The zero-order chi connectivity index (χ0) is 12.7. The molecule has 2 aliphatic rings. The van der Waals surface area contributed by atoms with E-state index in [1.807, 2.05) is 18.2 Å². The second kappa shape index (κ2) is 4.35. The summed E-state index contributed by atoms with van der Waals surface area (Å²) in [5, 5.41) is 4.36. The first-order valence-electron chi connectivity index (χ1n) is 5.92. The van der Waals surface area contributed by atoms with Crippen molar-refractivity contribution in [2.45, 2.75) is 18.9 Å². The SMILES string of the molecule is O=C1CC2c3cccc(Br)c3CCN2[N+](=O)CN1. The van der Waals surface area contributed by atoms with Crippen molar-refractivity contribution in [3.8, 4) is 0 Å². The minimum absolute atomic E-state index is 0.0403. The van der Waals surface area contributed by atoms with E-state index in [1.165, 1.54) is 5.56 Å². The van der Waals surface area contributed by atoms with Gasteiger partial charge in [-0.1, -0.05) is 28.1 Å². The molecule has 1 saturated heterocycles. The smallest absolute Gasteiger partial charge is 0.295 e. The summed E-state index contributed by atoms with van der Waals surface area (Å²) < 4.78 is 1.06. The van der Waals surface area contributed by atoms with Gasteiger partial charge in [0.2, 0.25) is 5.91 Å². The summed E-state index contributed by atoms with van der Waals surface area (Å²) in [6.45, 7) is 0.692. The Balaban J connectivity index is 2.07. The Morgan fingerprint density at radius 3 is 3.11 bits per heavy atom. The van der Waals surface area contributed by atoms with Gasteiger partial charge in [-0.25, -0.2) is 0 Å². The average Bonchev–Trinajstić information content (AvgIpc) is 2.50. The lowest BCUT2D eigenvalue weighted by atomic mass is 9.92. The average molecular weight is 311 g/mol. The molecule has 2 heterocycles. The van der Waals surface area contributed by atoms with E-state index < -0.39 is 0 Å². The number of carbonyl (C=O) groups is 1. The summed E-state index contributed by atoms with van der Waals surface area (Å²) in [6.07, 6.45) is 1.16. The van der Waals surface area contributed by atoms with Crippen molar-refractivity contribution in [1.82, 2.24) is 10.3 Å². The quantitative estimate of drug-likeness (QED) is 0.739. The molecule has 0 saturated carbocycles. The zero-order valence-corrected chi connectivity index (χ0v) is 11.3. The maximum absolute atomic E-state index is 11.9. The molecule has 1 aromatic rings. The highest BCUT2D eigenvalue weighted by atomic mass is 79.9. The highest BCUT2D eigenvalue weighted by Gasteiger charge is 2.40. The third kappa shape index (κ3) is 1.80. The molecule has 1 amide bonds. The Labute approximate surface area is 113 Å². The molecule has 0 aliphatic carbocycles. The standard InChI is InChI=1S/C12H12BrN3O2/c13-10-3-1-2-9-8(10)4-5-15-11(9)6-12(17)14-7-16(15)18/h1-3,11H,4-7H2/p+1. The number of nitrogens with one attached hydrogen (secondary N) is 1. The van der Waals surface area contributed by atoms with Gasteiger partial charge in [0.25, 0.3) is 6.67 Å². The largest absolute Gasteiger partial charge is 0.299 e. The molecule has 6 heteroatoms. The van der Waals surface area contributed by atoms with E-state index in [4.69, 9.17) is 0 Å². The van der Waals surface area contributed by atoms with Crippen molar-refractivity contribution in [3.05, 3.63) is 38.7 Å². The molecule has 18 heavy (non-hydrogen) atoms. The predicted octanol–water partition coefficient (Wildman–Crippen LogP) is 1.52. The second-order valence-corrected chi connectivity index (χ2v) is 5.41. The molecule has 0 radical (unpaired) electrons. The van der Waals surface area contributed by atoms with Crippen LogP contribution in [0.1, 0.15) is 23.6 Å². The molecule has 1 N–H and O–H groups in total. The van der Waals surface area contributed by atoms with E-state index in [0.29, 0.717) is 13.0 Å². The molecule has 1 aromatic carbocycles. The molecule has 2 aliphatic heterocycles. The van der Waals surface area contributed by atoms with Gasteiger partial charge in [0.15, 0.2) is 0 Å². The zero-order valence-electron chi connectivity index (χ0n) is 9.73. The summed E-state index contributed by atoms with van der Waals surface area (Å²) in [5.41, 5.74) is 2.29. The Morgan fingerprint density at radius 2 is 2.28 bits per heavy atom. The number of fused-ring (bicyclic) bond motifs is 3. The molecule has 3 rings (SSSR count). The highest BCUT2D eigenvalue weighted by molar-refractivity contribution is 9.10. The molecule has 1 unspecified atom stereocenters. The number of hydrogen-bond acceptors (Lipinski definition) is 2. The maximum atomic E-state index is 11.9. The van der Waals surface area contributed by atoms with Gasteiger partial charge in [0.05, 0.1) is 17.9 Å². The van der Waals surface area contributed by atoms with Gasteiger partial charge >= 0.3 is 0 Å². The minimum Gasteiger partial charge on any atom is -0.295 e. The van der Waals surface area contributed by atoms with Crippen LogP contribution >= 0.6 is 15.9 Å². The number of rotatable bonds is 0. The van der Waals surface area contributed by atoms with E-state index >= 15 is 0 Å². The van der Waals surface area contributed by atoms with Crippen LogP contribution in [-0.4, -0.2) is 29.0 Å². The van der Waals surface area contributed by atoms with Crippen molar-refractivity contribution >= 4 is 21.8 Å². The lowest BCUT2D eigenvalue weighted by Crippen LogP contribution is -2.42. The summed E-state index contributed by atoms with van der Waals surface area (Å²) in [7, 11) is 0. The van der Waals surface area contributed by atoms with Crippen LogP contribution in [0.4, 0.5) is 0 Å². The van der Waals surface area contributed by atoms with Gasteiger partial charge in [-0.3, -0.25) is 10.1 Å². The molecular weight excluding hydrogens is 298 g/mol. The van der Waals surface area contributed by atoms with Gasteiger partial charge in [0.1, 0.15) is 10.9 Å². The molecule has 1 atom stereocenters. The van der Waals surface area contributed by atoms with Crippen molar-refractivity contribution in [2.24, 2.45) is 0 Å². The fraction of sp³-hybridized carbons (Fsp3) is 0.417. The van der Waals surface area contributed by atoms with Crippen LogP contribution in [0.25, 0.3) is 0 Å². The fourth-order valence-electron chi connectivity index (χ4n) is 2.67. The first kappa shape index (κ1) is 11.6. The maximum Gasteiger partial charge on any atom is 0.299 e. The molecule has 0 aromatic heterocycles. The number of benzene rings is 1. The van der Waals surface area contributed by atoms with E-state index in [1.54, 1.807) is 5.01 Å². The fourth-order valence-corrected chi connectivity index (χ4v) is 3.25. The Morgan fingerprint density at radius 1 is 1.44 bits per heavy atom. The number of hydrazine groups is 1. The topological polar surface area (TPSA) is 52.4 Å². The van der Waals surface area contributed by atoms with Crippen LogP contribution < -0.4 is 5.32 Å². The lowest BCUT2D eigenvalue weighted by molar-refractivity contribution is -0.717. The van der Waals surface area contributed by atoms with Crippen LogP contribution in [0, 0.1) is 4.91 Å². The van der Waals surface area contributed by atoms with Crippen molar-refractivity contribution in [3.63, 3.8) is 0 Å². The van der Waals surface area contributed by atoms with Gasteiger partial charge in [-0.2, -0.15) is 0 Å². The number of hydrogen-bond donors (Lipinski definition) is 1. The third-order valence-corrected chi connectivity index (χ3v) is 4.28. The van der Waals surface area contributed by atoms with E-state index in [2.05, 4.69) is 21.2 Å². The first-order chi connectivity index (χ1) is 8.66. The monoisotopic (exact) mass is 310 g/mol. The van der Waals surface area contributed by atoms with Crippen molar-refractivity contribution < 1.29 is 9.66 Å². The van der Waals surface area contributed by atoms with Crippen LogP contribution in [0.3, 0.4) is 0 Å². The number of amides is 1. The van der Waals surface area contributed by atoms with E-state index in [9.17, 15) is 9.70 Å². The summed E-state index contributed by atoms with van der Waals surface area (Å²) in [5.74, 6) is -0.0730. The molecule has 1 fully saturated rings. The van der Waals surface area contributed by atoms with Gasteiger partial charge in [0, 0.05) is 4.47 Å².